The van der Waals surface area contributed by atoms with Gasteiger partial charge in [0.15, 0.2) is 0 Å². The van der Waals surface area contributed by atoms with E-state index in [1.807, 2.05) is 31.3 Å². The SMILES string of the molecule is CN1CCN(NS(=O)(=O)Cc2cccc(CN)c2)CC1. The molecule has 20 heavy (non-hydrogen) atoms. The van der Waals surface area contributed by atoms with Gasteiger partial charge < -0.3 is 10.6 Å². The highest BCUT2D eigenvalue weighted by molar-refractivity contribution is 7.88. The van der Waals surface area contributed by atoms with Gasteiger partial charge in [-0.05, 0) is 18.2 Å². The van der Waals surface area contributed by atoms with Gasteiger partial charge >= 0.3 is 0 Å². The molecule has 1 aromatic carbocycles. The Morgan fingerprint density at radius 2 is 1.85 bits per heavy atom. The van der Waals surface area contributed by atoms with E-state index in [9.17, 15) is 8.42 Å². The average Bonchev–Trinajstić information content (AvgIpc) is 2.41. The molecule has 1 aliphatic rings. The number of rotatable bonds is 5. The molecule has 0 amide bonds. The first kappa shape index (κ1) is 15.4. The van der Waals surface area contributed by atoms with Gasteiger partial charge in [-0.2, -0.15) is 0 Å². The number of piperazine rings is 1. The topological polar surface area (TPSA) is 78.7 Å². The van der Waals surface area contributed by atoms with Gasteiger partial charge in [0.05, 0.1) is 5.75 Å². The molecule has 1 saturated heterocycles. The van der Waals surface area contributed by atoms with Crippen molar-refractivity contribution >= 4 is 10.0 Å². The van der Waals surface area contributed by atoms with Gasteiger partial charge in [-0.3, -0.25) is 0 Å². The number of hydrogen-bond donors (Lipinski definition) is 2. The number of nitrogens with zero attached hydrogens (tertiary/aromatic N) is 2. The normalized spacial score (nSPS) is 18.3. The zero-order chi connectivity index (χ0) is 14.6. The fourth-order valence-electron chi connectivity index (χ4n) is 2.19. The molecule has 0 aromatic heterocycles. The van der Waals surface area contributed by atoms with E-state index in [1.165, 1.54) is 0 Å². The molecule has 0 atom stereocenters. The van der Waals surface area contributed by atoms with Crippen molar-refractivity contribution in [1.82, 2.24) is 14.7 Å². The summed E-state index contributed by atoms with van der Waals surface area (Å²) in [6, 6.07) is 7.37. The molecule has 1 fully saturated rings. The lowest BCUT2D eigenvalue weighted by Crippen LogP contribution is -2.52. The summed E-state index contributed by atoms with van der Waals surface area (Å²) >= 11 is 0. The Balaban J connectivity index is 1.96. The van der Waals surface area contributed by atoms with E-state index in [2.05, 4.69) is 9.73 Å². The van der Waals surface area contributed by atoms with Crippen molar-refractivity contribution in [3.05, 3.63) is 35.4 Å². The lowest BCUT2D eigenvalue weighted by Gasteiger charge is -2.32. The summed E-state index contributed by atoms with van der Waals surface area (Å²) in [6.45, 7) is 3.56. The molecule has 1 heterocycles. The van der Waals surface area contributed by atoms with E-state index in [0.29, 0.717) is 19.6 Å². The van der Waals surface area contributed by atoms with Crippen LogP contribution in [0, 0.1) is 0 Å². The Morgan fingerprint density at radius 3 is 2.50 bits per heavy atom. The largest absolute Gasteiger partial charge is 0.326 e. The summed E-state index contributed by atoms with van der Waals surface area (Å²) in [7, 11) is -1.33. The van der Waals surface area contributed by atoms with Crippen molar-refractivity contribution < 1.29 is 8.42 Å². The van der Waals surface area contributed by atoms with E-state index in [1.54, 1.807) is 5.01 Å². The number of nitrogens with two attached hydrogens (primary N) is 1. The average molecular weight is 298 g/mol. The second kappa shape index (κ2) is 6.64. The number of sulfonamides is 1. The van der Waals surface area contributed by atoms with Gasteiger partial charge in [0.2, 0.25) is 10.0 Å². The Kier molecular flexibility index (Phi) is 5.11. The summed E-state index contributed by atoms with van der Waals surface area (Å²) in [5.74, 6) is -0.0207. The molecular weight excluding hydrogens is 276 g/mol. The van der Waals surface area contributed by atoms with Crippen LogP contribution in [0.1, 0.15) is 11.1 Å². The van der Waals surface area contributed by atoms with Crippen LogP contribution >= 0.6 is 0 Å². The Labute approximate surface area is 120 Å². The van der Waals surface area contributed by atoms with Crippen molar-refractivity contribution in [3.8, 4) is 0 Å². The number of nitrogens with one attached hydrogen (secondary N) is 1. The third kappa shape index (κ3) is 4.53. The third-order valence-corrected chi connectivity index (χ3v) is 4.60. The van der Waals surface area contributed by atoms with Gasteiger partial charge in [0, 0.05) is 32.7 Å². The first-order valence-electron chi connectivity index (χ1n) is 6.70. The second-order valence-electron chi connectivity index (χ2n) is 5.16. The molecule has 0 spiro atoms. The summed E-state index contributed by atoms with van der Waals surface area (Å²) in [5, 5.41) is 1.77. The number of benzene rings is 1. The fraction of sp³-hybridized carbons (Fsp3) is 0.538. The molecule has 112 valence electrons. The fourth-order valence-corrected chi connectivity index (χ4v) is 3.45. The lowest BCUT2D eigenvalue weighted by atomic mass is 10.1. The molecule has 0 aliphatic carbocycles. The predicted molar refractivity (Wildman–Crippen MR) is 79.2 cm³/mol. The van der Waals surface area contributed by atoms with Crippen LogP contribution in [0.15, 0.2) is 24.3 Å². The zero-order valence-electron chi connectivity index (χ0n) is 11.7. The van der Waals surface area contributed by atoms with Gasteiger partial charge in [0.1, 0.15) is 0 Å². The molecule has 0 bridgehead atoms. The van der Waals surface area contributed by atoms with Crippen LogP contribution in [-0.4, -0.2) is 51.6 Å². The Hall–Kier alpha value is -0.990. The van der Waals surface area contributed by atoms with E-state index >= 15 is 0 Å². The predicted octanol–water partition coefficient (Wildman–Crippen LogP) is -0.273. The van der Waals surface area contributed by atoms with E-state index in [-0.39, 0.29) is 5.75 Å². The summed E-state index contributed by atoms with van der Waals surface area (Å²) in [5.41, 5.74) is 7.27. The van der Waals surface area contributed by atoms with Gasteiger partial charge in [-0.15, -0.1) is 4.83 Å². The minimum Gasteiger partial charge on any atom is -0.326 e. The first-order valence-corrected chi connectivity index (χ1v) is 8.35. The molecule has 0 saturated carbocycles. The second-order valence-corrected chi connectivity index (χ2v) is 6.87. The van der Waals surface area contributed by atoms with Crippen LogP contribution in [0.3, 0.4) is 0 Å². The van der Waals surface area contributed by atoms with Crippen LogP contribution < -0.4 is 10.6 Å². The summed E-state index contributed by atoms with van der Waals surface area (Å²) in [4.78, 5) is 4.83. The Morgan fingerprint density at radius 1 is 1.20 bits per heavy atom. The minimum absolute atomic E-state index is 0.0207. The van der Waals surface area contributed by atoms with Crippen LogP contribution in [0.4, 0.5) is 0 Å². The molecule has 7 heteroatoms. The van der Waals surface area contributed by atoms with E-state index in [4.69, 9.17) is 5.73 Å². The van der Waals surface area contributed by atoms with Crippen molar-refractivity contribution in [2.75, 3.05) is 33.2 Å². The van der Waals surface area contributed by atoms with Crippen LogP contribution in [-0.2, 0) is 22.3 Å². The standard InChI is InChI=1S/C13H22N4O2S/c1-16-5-7-17(8-6-16)15-20(18,19)11-13-4-2-3-12(9-13)10-14/h2-4,9,15H,5-8,10-11,14H2,1H3. The van der Waals surface area contributed by atoms with Gasteiger partial charge in [-0.1, -0.05) is 24.3 Å². The summed E-state index contributed by atoms with van der Waals surface area (Å²) < 4.78 is 24.3. The van der Waals surface area contributed by atoms with Crippen LogP contribution in [0.2, 0.25) is 0 Å². The zero-order valence-corrected chi connectivity index (χ0v) is 12.6. The molecule has 1 aromatic rings. The molecule has 6 nitrogen and oxygen atoms in total. The molecule has 3 N–H and O–H groups in total. The number of hydrogen-bond acceptors (Lipinski definition) is 5. The van der Waals surface area contributed by atoms with Crippen molar-refractivity contribution in [2.24, 2.45) is 5.73 Å². The number of hydrazine groups is 1. The third-order valence-electron chi connectivity index (χ3n) is 3.36. The highest BCUT2D eigenvalue weighted by Gasteiger charge is 2.20. The van der Waals surface area contributed by atoms with E-state index < -0.39 is 10.0 Å². The molecule has 0 radical (unpaired) electrons. The van der Waals surface area contributed by atoms with Crippen molar-refractivity contribution in [2.45, 2.75) is 12.3 Å². The van der Waals surface area contributed by atoms with Crippen molar-refractivity contribution in [1.29, 1.82) is 0 Å². The quantitative estimate of drug-likeness (QED) is 0.782. The van der Waals surface area contributed by atoms with E-state index in [0.717, 1.165) is 24.2 Å². The smallest absolute Gasteiger partial charge is 0.228 e. The maximum atomic E-state index is 12.2. The molecule has 0 unspecified atom stereocenters. The number of likely N-dealkylation sites (N-methyl/N-ethyl adjacent to an activating group) is 1. The molecule has 2 rings (SSSR count). The lowest BCUT2D eigenvalue weighted by molar-refractivity contribution is 0.134. The highest BCUT2D eigenvalue weighted by Crippen LogP contribution is 2.09. The first-order chi connectivity index (χ1) is 9.48. The molecular formula is C13H22N4O2S. The molecule has 1 aliphatic heterocycles. The van der Waals surface area contributed by atoms with Gasteiger partial charge in [0.25, 0.3) is 0 Å². The van der Waals surface area contributed by atoms with Crippen LogP contribution in [0.5, 0.6) is 0 Å². The van der Waals surface area contributed by atoms with Crippen molar-refractivity contribution in [3.63, 3.8) is 0 Å². The Bertz CT molecular complexity index is 539. The highest BCUT2D eigenvalue weighted by atomic mass is 32.2. The van der Waals surface area contributed by atoms with Gasteiger partial charge in [-0.25, -0.2) is 13.4 Å². The maximum Gasteiger partial charge on any atom is 0.228 e. The maximum absolute atomic E-state index is 12.2. The van der Waals surface area contributed by atoms with Crippen LogP contribution in [0.25, 0.3) is 0 Å². The monoisotopic (exact) mass is 298 g/mol. The minimum atomic E-state index is -3.36. The summed E-state index contributed by atoms with van der Waals surface area (Å²) in [6.07, 6.45) is 0.